The Balaban J connectivity index is 2.14. The molecule has 1 aromatic carbocycles. The van der Waals surface area contributed by atoms with Crippen LogP contribution in [0.3, 0.4) is 0 Å². The van der Waals surface area contributed by atoms with E-state index in [9.17, 15) is 4.39 Å². The number of anilines is 1. The Kier molecular flexibility index (Phi) is 4.07. The minimum absolute atomic E-state index is 0.113. The zero-order valence-electron chi connectivity index (χ0n) is 9.29. The summed E-state index contributed by atoms with van der Waals surface area (Å²) in [6.07, 6.45) is 0.743. The molecule has 0 radical (unpaired) electrons. The number of nitrogens with two attached hydrogens (primary N) is 1. The smallest absolute Gasteiger partial charge is 0.146 e. The number of rotatable bonds is 3. The van der Waals surface area contributed by atoms with E-state index in [2.05, 4.69) is 4.90 Å². The van der Waals surface area contributed by atoms with Crippen LogP contribution in [-0.2, 0) is 6.42 Å². The van der Waals surface area contributed by atoms with Crippen molar-refractivity contribution in [2.24, 2.45) is 5.73 Å². The van der Waals surface area contributed by atoms with Crippen LogP contribution in [0.1, 0.15) is 5.56 Å². The summed E-state index contributed by atoms with van der Waals surface area (Å²) in [4.78, 5) is 2.12. The Hall–Kier alpha value is -0.740. The van der Waals surface area contributed by atoms with E-state index >= 15 is 0 Å². The molecule has 0 spiro atoms. The molecule has 0 unspecified atom stereocenters. The summed E-state index contributed by atoms with van der Waals surface area (Å²) in [6.45, 7) is 2.45. The highest BCUT2D eigenvalue weighted by molar-refractivity contribution is 7.99. The minimum atomic E-state index is -0.113. The summed E-state index contributed by atoms with van der Waals surface area (Å²) in [5.74, 6) is 2.06. The zero-order valence-corrected chi connectivity index (χ0v) is 10.1. The van der Waals surface area contributed by atoms with Crippen molar-refractivity contribution in [1.29, 1.82) is 0 Å². The van der Waals surface area contributed by atoms with Gasteiger partial charge in [0.1, 0.15) is 5.82 Å². The van der Waals surface area contributed by atoms with Crippen LogP contribution in [0.25, 0.3) is 0 Å². The Morgan fingerprint density at radius 3 is 2.69 bits per heavy atom. The molecule has 2 N–H and O–H groups in total. The molecule has 16 heavy (non-hydrogen) atoms. The highest BCUT2D eigenvalue weighted by Crippen LogP contribution is 2.23. The lowest BCUT2D eigenvalue weighted by Gasteiger charge is -2.28. The van der Waals surface area contributed by atoms with Gasteiger partial charge in [-0.3, -0.25) is 0 Å². The van der Waals surface area contributed by atoms with Crippen LogP contribution in [0, 0.1) is 5.82 Å². The molecule has 1 fully saturated rings. The molecule has 0 aromatic heterocycles. The number of nitrogens with zero attached hydrogens (tertiary/aromatic N) is 1. The van der Waals surface area contributed by atoms with Crippen molar-refractivity contribution in [3.8, 4) is 0 Å². The third-order valence-corrected chi connectivity index (χ3v) is 3.74. The van der Waals surface area contributed by atoms with Gasteiger partial charge < -0.3 is 10.6 Å². The van der Waals surface area contributed by atoms with Crippen molar-refractivity contribution in [1.82, 2.24) is 0 Å². The number of hydrogen-bond donors (Lipinski definition) is 1. The Bertz CT molecular complexity index is 351. The van der Waals surface area contributed by atoms with Gasteiger partial charge in [-0.05, 0) is 30.7 Å². The summed E-state index contributed by atoms with van der Waals surface area (Å²) in [6, 6.07) is 5.48. The van der Waals surface area contributed by atoms with Crippen LogP contribution in [-0.4, -0.2) is 31.1 Å². The van der Waals surface area contributed by atoms with Crippen LogP contribution in [0.5, 0.6) is 0 Å². The van der Waals surface area contributed by atoms with Gasteiger partial charge in [-0.15, -0.1) is 0 Å². The molecule has 0 bridgehead atoms. The van der Waals surface area contributed by atoms with Gasteiger partial charge in [-0.25, -0.2) is 4.39 Å². The number of thioether (sulfide) groups is 1. The first-order chi connectivity index (χ1) is 7.81. The average Bonchev–Trinajstić information content (AvgIpc) is 2.31. The lowest BCUT2D eigenvalue weighted by molar-refractivity contribution is 0.617. The molecule has 1 aliphatic rings. The van der Waals surface area contributed by atoms with E-state index in [4.69, 9.17) is 5.73 Å². The highest BCUT2D eigenvalue weighted by atomic mass is 32.2. The first-order valence-electron chi connectivity index (χ1n) is 5.62. The molecule has 1 heterocycles. The van der Waals surface area contributed by atoms with Crippen LogP contribution in [0.2, 0.25) is 0 Å². The maximum atomic E-state index is 13.9. The van der Waals surface area contributed by atoms with Crippen LogP contribution >= 0.6 is 11.8 Å². The summed E-state index contributed by atoms with van der Waals surface area (Å²) in [5.41, 5.74) is 7.17. The molecular formula is C12H17FN2S. The van der Waals surface area contributed by atoms with Crippen molar-refractivity contribution >= 4 is 17.4 Å². The van der Waals surface area contributed by atoms with Crippen molar-refractivity contribution in [2.45, 2.75) is 6.42 Å². The van der Waals surface area contributed by atoms with Crippen LogP contribution in [0.4, 0.5) is 10.1 Å². The van der Waals surface area contributed by atoms with Crippen molar-refractivity contribution in [3.05, 3.63) is 29.6 Å². The van der Waals surface area contributed by atoms with Gasteiger partial charge in [0.15, 0.2) is 0 Å². The fraction of sp³-hybridized carbons (Fsp3) is 0.500. The molecule has 0 saturated carbocycles. The Morgan fingerprint density at radius 2 is 2.06 bits per heavy atom. The summed E-state index contributed by atoms with van der Waals surface area (Å²) in [5, 5.41) is 0. The predicted molar refractivity (Wildman–Crippen MR) is 68.7 cm³/mol. The molecule has 0 amide bonds. The predicted octanol–water partition coefficient (Wildman–Crippen LogP) is 1.88. The highest BCUT2D eigenvalue weighted by Gasteiger charge is 2.14. The monoisotopic (exact) mass is 240 g/mol. The molecule has 0 atom stereocenters. The van der Waals surface area contributed by atoms with E-state index in [1.165, 1.54) is 0 Å². The topological polar surface area (TPSA) is 29.3 Å². The largest absolute Gasteiger partial charge is 0.368 e. The normalized spacial score (nSPS) is 16.5. The molecule has 88 valence electrons. The van der Waals surface area contributed by atoms with Crippen molar-refractivity contribution in [3.63, 3.8) is 0 Å². The molecule has 1 saturated heterocycles. The van der Waals surface area contributed by atoms with E-state index in [1.54, 1.807) is 6.07 Å². The second kappa shape index (κ2) is 5.55. The summed E-state index contributed by atoms with van der Waals surface area (Å²) in [7, 11) is 0. The second-order valence-corrected chi connectivity index (χ2v) is 5.15. The van der Waals surface area contributed by atoms with Gasteiger partial charge >= 0.3 is 0 Å². The van der Waals surface area contributed by atoms with E-state index in [-0.39, 0.29) is 5.82 Å². The maximum absolute atomic E-state index is 13.9. The number of halogens is 1. The van der Waals surface area contributed by atoms with Crippen LogP contribution < -0.4 is 10.6 Å². The van der Waals surface area contributed by atoms with Crippen molar-refractivity contribution < 1.29 is 4.39 Å². The van der Waals surface area contributed by atoms with E-state index in [1.807, 2.05) is 23.9 Å². The molecule has 2 nitrogen and oxygen atoms in total. The standard InChI is InChI=1S/C12H17FN2S/c13-11-9-10(3-4-14)1-2-12(11)15-5-7-16-8-6-15/h1-2,9H,3-8,14H2. The second-order valence-electron chi connectivity index (χ2n) is 3.92. The quantitative estimate of drug-likeness (QED) is 0.874. The van der Waals surface area contributed by atoms with E-state index in [0.717, 1.165) is 42.3 Å². The maximum Gasteiger partial charge on any atom is 0.146 e. The van der Waals surface area contributed by atoms with E-state index < -0.39 is 0 Å². The van der Waals surface area contributed by atoms with Gasteiger partial charge in [0.25, 0.3) is 0 Å². The first-order valence-corrected chi connectivity index (χ1v) is 6.78. The van der Waals surface area contributed by atoms with Gasteiger partial charge in [0, 0.05) is 24.6 Å². The molecule has 4 heteroatoms. The fourth-order valence-electron chi connectivity index (χ4n) is 1.93. The third-order valence-electron chi connectivity index (χ3n) is 2.80. The molecule has 2 rings (SSSR count). The summed E-state index contributed by atoms with van der Waals surface area (Å²) < 4.78 is 13.9. The SMILES string of the molecule is NCCc1ccc(N2CCSCC2)c(F)c1. The lowest BCUT2D eigenvalue weighted by Crippen LogP contribution is -2.33. The minimum Gasteiger partial charge on any atom is -0.368 e. The Labute approximate surface area is 100 Å². The molecular weight excluding hydrogens is 223 g/mol. The molecule has 1 aliphatic heterocycles. The van der Waals surface area contributed by atoms with Gasteiger partial charge in [-0.1, -0.05) is 6.07 Å². The lowest BCUT2D eigenvalue weighted by atomic mass is 10.1. The average molecular weight is 240 g/mol. The fourth-order valence-corrected chi connectivity index (χ4v) is 2.84. The number of benzene rings is 1. The van der Waals surface area contributed by atoms with Gasteiger partial charge in [0.2, 0.25) is 0 Å². The third kappa shape index (κ3) is 2.68. The van der Waals surface area contributed by atoms with E-state index in [0.29, 0.717) is 6.54 Å². The molecule has 0 aliphatic carbocycles. The first kappa shape index (κ1) is 11.7. The van der Waals surface area contributed by atoms with Crippen molar-refractivity contribution in [2.75, 3.05) is 36.0 Å². The van der Waals surface area contributed by atoms with Crippen LogP contribution in [0.15, 0.2) is 18.2 Å². The van der Waals surface area contributed by atoms with Gasteiger partial charge in [-0.2, -0.15) is 11.8 Å². The zero-order chi connectivity index (χ0) is 11.4. The summed E-state index contributed by atoms with van der Waals surface area (Å²) >= 11 is 1.93. The molecule has 1 aromatic rings. The van der Waals surface area contributed by atoms with Gasteiger partial charge in [0.05, 0.1) is 5.69 Å². The number of hydrogen-bond acceptors (Lipinski definition) is 3. The Morgan fingerprint density at radius 1 is 1.31 bits per heavy atom.